The smallest absolute Gasteiger partial charge is 0.248 e. The van der Waals surface area contributed by atoms with E-state index in [4.69, 9.17) is 0 Å². The van der Waals surface area contributed by atoms with Gasteiger partial charge in [0.15, 0.2) is 0 Å². The van der Waals surface area contributed by atoms with Crippen LogP contribution in [0, 0.1) is 0 Å². The molecule has 0 aromatic rings. The maximum atomic E-state index is 12.2. The van der Waals surface area contributed by atoms with Crippen molar-refractivity contribution in [3.63, 3.8) is 0 Å². The highest BCUT2D eigenvalue weighted by molar-refractivity contribution is 5.44. The van der Waals surface area contributed by atoms with E-state index in [0.717, 1.165) is 11.5 Å². The predicted molar refractivity (Wildman–Crippen MR) is 48.9 cm³/mol. The van der Waals surface area contributed by atoms with Crippen molar-refractivity contribution < 1.29 is 18.4 Å². The quantitative estimate of drug-likeness (QED) is 0.515. The molecule has 0 radical (unpaired) electrons. The van der Waals surface area contributed by atoms with Crippen LogP contribution in [0.1, 0.15) is 32.1 Å². The molecule has 3 nitrogen and oxygen atoms in total. The summed E-state index contributed by atoms with van der Waals surface area (Å²) in [6.45, 7) is 0. The Morgan fingerprint density at radius 3 is 1.93 bits per heavy atom. The highest BCUT2D eigenvalue weighted by Gasteiger charge is 2.30. The molecule has 0 unspecified atom stereocenters. The lowest BCUT2D eigenvalue weighted by molar-refractivity contribution is -0.153. The van der Waals surface area contributed by atoms with E-state index in [1.54, 1.807) is 0 Å². The predicted octanol–water partition coefficient (Wildman–Crippen LogP) is 2.22. The van der Waals surface area contributed by atoms with Crippen LogP contribution >= 0.6 is 0 Å². The summed E-state index contributed by atoms with van der Waals surface area (Å²) in [5, 5.41) is 1.07. The van der Waals surface area contributed by atoms with Gasteiger partial charge in [-0.05, 0) is 12.8 Å². The molecule has 0 spiro atoms. The summed E-state index contributed by atoms with van der Waals surface area (Å²) < 4.78 is 24.4. The molecule has 0 heterocycles. The summed E-state index contributed by atoms with van der Waals surface area (Å²) in [6.07, 6.45) is 3.25. The van der Waals surface area contributed by atoms with Gasteiger partial charge in [-0.15, -0.1) is 0 Å². The first-order valence-electron chi connectivity index (χ1n) is 4.62. The number of carbonyl (C=O) groups is 1. The molecule has 1 aliphatic rings. The van der Waals surface area contributed by atoms with E-state index in [-0.39, 0.29) is 12.8 Å². The van der Waals surface area contributed by atoms with Crippen LogP contribution in [0.3, 0.4) is 0 Å². The van der Waals surface area contributed by atoms with Crippen LogP contribution in [-0.4, -0.2) is 31.6 Å². The zero-order valence-corrected chi connectivity index (χ0v) is 8.63. The second kappa shape index (κ2) is 6.70. The van der Waals surface area contributed by atoms with Crippen LogP contribution in [0.15, 0.2) is 0 Å². The van der Waals surface area contributed by atoms with Gasteiger partial charge in [-0.3, -0.25) is 9.63 Å². The van der Waals surface area contributed by atoms with Crippen LogP contribution in [0.4, 0.5) is 8.78 Å². The standard InChI is InChI=1S/C6H10F2.C3H7NO2/c7-6(8)4-2-1-3-5-6;1-4(3-5)6-2/h1-5H2;3H,1-2H3. The average molecular weight is 209 g/mol. The minimum absolute atomic E-state index is 0.118. The second-order valence-electron chi connectivity index (χ2n) is 3.25. The van der Waals surface area contributed by atoms with Gasteiger partial charge in [0.25, 0.3) is 0 Å². The van der Waals surface area contributed by atoms with E-state index in [9.17, 15) is 13.6 Å². The van der Waals surface area contributed by atoms with Crippen LogP contribution in [0.5, 0.6) is 0 Å². The fourth-order valence-corrected chi connectivity index (χ4v) is 1.11. The highest BCUT2D eigenvalue weighted by atomic mass is 19.3. The Balaban J connectivity index is 0.000000255. The summed E-state index contributed by atoms with van der Waals surface area (Å²) in [5.74, 6) is -2.32. The van der Waals surface area contributed by atoms with Gasteiger partial charge in [0.2, 0.25) is 12.3 Å². The van der Waals surface area contributed by atoms with Crippen molar-refractivity contribution in [2.45, 2.75) is 38.0 Å². The molecule has 0 bridgehead atoms. The summed E-state index contributed by atoms with van der Waals surface area (Å²) in [4.78, 5) is 13.9. The molecule has 0 N–H and O–H groups in total. The van der Waals surface area contributed by atoms with E-state index in [2.05, 4.69) is 4.84 Å². The van der Waals surface area contributed by atoms with Crippen molar-refractivity contribution in [3.05, 3.63) is 0 Å². The molecule has 0 atom stereocenters. The molecular formula is C9H17F2NO2. The number of hydroxylamine groups is 2. The van der Waals surface area contributed by atoms with E-state index in [1.165, 1.54) is 14.2 Å². The molecule has 5 heteroatoms. The lowest BCUT2D eigenvalue weighted by Gasteiger charge is -2.20. The number of rotatable bonds is 2. The van der Waals surface area contributed by atoms with E-state index >= 15 is 0 Å². The minimum Gasteiger partial charge on any atom is -0.276 e. The van der Waals surface area contributed by atoms with E-state index in [1.807, 2.05) is 0 Å². The molecule has 0 aromatic carbocycles. The van der Waals surface area contributed by atoms with Crippen LogP contribution in [-0.2, 0) is 9.63 Å². The third kappa shape index (κ3) is 6.77. The fourth-order valence-electron chi connectivity index (χ4n) is 1.11. The number of nitrogens with zero attached hydrogens (tertiary/aromatic N) is 1. The van der Waals surface area contributed by atoms with Gasteiger partial charge in [0.1, 0.15) is 0 Å². The minimum atomic E-state index is -2.32. The lowest BCUT2D eigenvalue weighted by Crippen LogP contribution is -2.18. The number of carbonyl (C=O) groups excluding carboxylic acids is 1. The van der Waals surface area contributed by atoms with E-state index in [0.29, 0.717) is 19.3 Å². The summed E-state index contributed by atoms with van der Waals surface area (Å²) >= 11 is 0. The monoisotopic (exact) mass is 209 g/mol. The Bertz CT molecular complexity index is 157. The topological polar surface area (TPSA) is 29.5 Å². The molecule has 0 aromatic heterocycles. The molecule has 0 aliphatic heterocycles. The third-order valence-corrected chi connectivity index (χ3v) is 2.02. The number of hydrogen-bond donors (Lipinski definition) is 0. The van der Waals surface area contributed by atoms with Gasteiger partial charge in [0, 0.05) is 19.9 Å². The van der Waals surface area contributed by atoms with Gasteiger partial charge < -0.3 is 0 Å². The second-order valence-corrected chi connectivity index (χ2v) is 3.25. The number of halogens is 2. The zero-order valence-electron chi connectivity index (χ0n) is 8.63. The van der Waals surface area contributed by atoms with E-state index < -0.39 is 5.92 Å². The van der Waals surface area contributed by atoms with Crippen molar-refractivity contribution in [2.75, 3.05) is 14.2 Å². The molecule has 1 saturated carbocycles. The van der Waals surface area contributed by atoms with Crippen molar-refractivity contribution in [2.24, 2.45) is 0 Å². The van der Waals surface area contributed by atoms with Crippen LogP contribution < -0.4 is 0 Å². The maximum absolute atomic E-state index is 12.2. The maximum Gasteiger partial charge on any atom is 0.248 e. The molecule has 14 heavy (non-hydrogen) atoms. The first-order chi connectivity index (χ1) is 6.52. The van der Waals surface area contributed by atoms with Gasteiger partial charge in [-0.2, -0.15) is 0 Å². The molecular weight excluding hydrogens is 192 g/mol. The molecule has 1 rings (SSSR count). The first-order valence-corrected chi connectivity index (χ1v) is 4.62. The molecule has 1 fully saturated rings. The highest BCUT2D eigenvalue weighted by Crippen LogP contribution is 2.32. The van der Waals surface area contributed by atoms with Crippen LogP contribution in [0.25, 0.3) is 0 Å². The van der Waals surface area contributed by atoms with Crippen LogP contribution in [0.2, 0.25) is 0 Å². The summed E-state index contributed by atoms with van der Waals surface area (Å²) in [5.41, 5.74) is 0. The summed E-state index contributed by atoms with van der Waals surface area (Å²) in [6, 6.07) is 0. The first kappa shape index (κ1) is 13.3. The average Bonchev–Trinajstić information content (AvgIpc) is 2.17. The van der Waals surface area contributed by atoms with Gasteiger partial charge >= 0.3 is 0 Å². The Kier molecular flexibility index (Phi) is 6.36. The molecule has 1 aliphatic carbocycles. The Labute approximate surface area is 83.0 Å². The largest absolute Gasteiger partial charge is 0.276 e. The van der Waals surface area contributed by atoms with Gasteiger partial charge in [0.05, 0.1) is 7.11 Å². The lowest BCUT2D eigenvalue weighted by atomic mass is 9.97. The third-order valence-electron chi connectivity index (χ3n) is 2.02. The molecule has 1 amide bonds. The molecule has 0 saturated heterocycles. The molecule has 84 valence electrons. The van der Waals surface area contributed by atoms with Crippen molar-refractivity contribution in [3.8, 4) is 0 Å². The van der Waals surface area contributed by atoms with Crippen molar-refractivity contribution >= 4 is 6.41 Å². The number of amides is 1. The van der Waals surface area contributed by atoms with Crippen molar-refractivity contribution in [1.29, 1.82) is 0 Å². The Hall–Kier alpha value is -0.710. The van der Waals surface area contributed by atoms with Crippen molar-refractivity contribution in [1.82, 2.24) is 5.06 Å². The number of hydrogen-bond acceptors (Lipinski definition) is 2. The SMILES string of the molecule is CON(C)C=O.FC1(F)CCCCC1. The Morgan fingerprint density at radius 1 is 1.29 bits per heavy atom. The van der Waals surface area contributed by atoms with Gasteiger partial charge in [-0.25, -0.2) is 13.8 Å². The zero-order chi connectivity index (χ0) is 11.0. The Morgan fingerprint density at radius 2 is 1.79 bits per heavy atom. The fraction of sp³-hybridized carbons (Fsp3) is 0.889. The number of alkyl halides is 2. The normalized spacial score (nSPS) is 19.1. The van der Waals surface area contributed by atoms with Gasteiger partial charge in [-0.1, -0.05) is 6.42 Å². The summed E-state index contributed by atoms with van der Waals surface area (Å²) in [7, 11) is 2.95.